The summed E-state index contributed by atoms with van der Waals surface area (Å²) in [6.45, 7) is 2.47. The van der Waals surface area contributed by atoms with Crippen molar-refractivity contribution in [1.29, 1.82) is 0 Å². The number of ether oxygens (including phenoxy) is 1. The number of nitrogens with one attached hydrogen (secondary N) is 1. The molecule has 1 aliphatic rings. The number of fused-ring (bicyclic) bond motifs is 1. The number of carbonyl (C=O) groups excluding carboxylic acids is 1. The Kier molecular flexibility index (Phi) is 3.99. The normalized spacial score (nSPS) is 15.4. The van der Waals surface area contributed by atoms with Crippen LogP contribution in [0.1, 0.15) is 27.0 Å². The summed E-state index contributed by atoms with van der Waals surface area (Å²) in [7, 11) is 1.73. The fraction of sp³-hybridized carbons (Fsp3) is 0.316. The molecule has 0 unspecified atom stereocenters. The minimum Gasteiger partial charge on any atom is -0.376 e. The van der Waals surface area contributed by atoms with Gasteiger partial charge in [0.25, 0.3) is 5.91 Å². The van der Waals surface area contributed by atoms with Crippen LogP contribution in [0.5, 0.6) is 0 Å². The minimum absolute atomic E-state index is 0.0366. The van der Waals surface area contributed by atoms with Crippen LogP contribution < -0.4 is 5.32 Å². The maximum absolute atomic E-state index is 12.4. The lowest BCUT2D eigenvalue weighted by Gasteiger charge is -2.28. The molecular weight excluding hydrogens is 274 g/mol. The van der Waals surface area contributed by atoms with Crippen molar-refractivity contribution in [3.8, 4) is 0 Å². The average Bonchev–Trinajstić information content (AvgIpc) is 2.92. The highest BCUT2D eigenvalue weighted by atomic mass is 16.5. The standard InChI is InChI=1S/C19H21NO2/c1-14-7-3-6-10-17(14)18(21)20-13-19(22-2)11-15-8-4-5-9-16(15)12-19/h3-10H,11-13H2,1-2H3,(H,20,21). The first-order valence-electron chi connectivity index (χ1n) is 7.59. The van der Waals surface area contributed by atoms with Crippen LogP contribution in [0.25, 0.3) is 0 Å². The zero-order valence-corrected chi connectivity index (χ0v) is 13.1. The molecule has 3 heteroatoms. The lowest BCUT2D eigenvalue weighted by atomic mass is 9.99. The van der Waals surface area contributed by atoms with Crippen LogP contribution in [0.15, 0.2) is 48.5 Å². The number of hydrogen-bond donors (Lipinski definition) is 1. The first-order chi connectivity index (χ1) is 10.6. The predicted molar refractivity (Wildman–Crippen MR) is 87.1 cm³/mol. The number of carbonyl (C=O) groups is 1. The van der Waals surface area contributed by atoms with Crippen molar-refractivity contribution in [2.75, 3.05) is 13.7 Å². The average molecular weight is 295 g/mol. The van der Waals surface area contributed by atoms with Crippen molar-refractivity contribution in [2.45, 2.75) is 25.4 Å². The molecule has 1 amide bonds. The second-order valence-corrected chi connectivity index (χ2v) is 6.01. The van der Waals surface area contributed by atoms with E-state index in [-0.39, 0.29) is 11.5 Å². The maximum atomic E-state index is 12.4. The molecule has 0 bridgehead atoms. The van der Waals surface area contributed by atoms with Crippen molar-refractivity contribution < 1.29 is 9.53 Å². The van der Waals surface area contributed by atoms with Gasteiger partial charge in [-0.3, -0.25) is 4.79 Å². The highest BCUT2D eigenvalue weighted by molar-refractivity contribution is 5.95. The van der Waals surface area contributed by atoms with Crippen LogP contribution >= 0.6 is 0 Å². The van der Waals surface area contributed by atoms with E-state index in [9.17, 15) is 4.79 Å². The molecule has 0 aromatic heterocycles. The number of hydrogen-bond acceptors (Lipinski definition) is 2. The fourth-order valence-electron chi connectivity index (χ4n) is 3.16. The third kappa shape index (κ3) is 2.77. The zero-order chi connectivity index (χ0) is 15.6. The summed E-state index contributed by atoms with van der Waals surface area (Å²) >= 11 is 0. The van der Waals surface area contributed by atoms with Crippen molar-refractivity contribution in [2.24, 2.45) is 0 Å². The molecule has 22 heavy (non-hydrogen) atoms. The van der Waals surface area contributed by atoms with Crippen molar-refractivity contribution in [1.82, 2.24) is 5.32 Å². The molecule has 2 aromatic carbocycles. The van der Waals surface area contributed by atoms with Gasteiger partial charge in [-0.1, -0.05) is 42.5 Å². The molecule has 0 spiro atoms. The highest BCUT2D eigenvalue weighted by Crippen LogP contribution is 2.32. The molecule has 1 N–H and O–H groups in total. The minimum atomic E-state index is -0.331. The molecule has 0 saturated heterocycles. The van der Waals surface area contributed by atoms with E-state index >= 15 is 0 Å². The van der Waals surface area contributed by atoms with Crippen molar-refractivity contribution in [3.05, 3.63) is 70.8 Å². The fourth-order valence-corrected chi connectivity index (χ4v) is 3.16. The molecule has 114 valence electrons. The van der Waals surface area contributed by atoms with Gasteiger partial charge in [0, 0.05) is 32.1 Å². The summed E-state index contributed by atoms with van der Waals surface area (Å²) in [5.41, 5.74) is 4.01. The monoisotopic (exact) mass is 295 g/mol. The SMILES string of the molecule is COC1(CNC(=O)c2ccccc2C)Cc2ccccc2C1. The van der Waals surface area contributed by atoms with Crippen molar-refractivity contribution in [3.63, 3.8) is 0 Å². The van der Waals surface area contributed by atoms with E-state index in [0.717, 1.165) is 24.0 Å². The Hall–Kier alpha value is -2.13. The van der Waals surface area contributed by atoms with Crippen LogP contribution in [0, 0.1) is 6.92 Å². The zero-order valence-electron chi connectivity index (χ0n) is 13.1. The first-order valence-corrected chi connectivity index (χ1v) is 7.59. The Labute approximate surface area is 131 Å². The maximum Gasteiger partial charge on any atom is 0.251 e. The van der Waals surface area contributed by atoms with Crippen LogP contribution in [0.4, 0.5) is 0 Å². The van der Waals surface area contributed by atoms with Gasteiger partial charge in [0.1, 0.15) is 0 Å². The number of benzene rings is 2. The van der Waals surface area contributed by atoms with E-state index in [1.165, 1.54) is 11.1 Å². The number of amides is 1. The molecule has 2 aromatic rings. The number of rotatable bonds is 4. The van der Waals surface area contributed by atoms with Crippen LogP contribution in [-0.2, 0) is 17.6 Å². The Morgan fingerprint density at radius 1 is 1.09 bits per heavy atom. The molecule has 1 aliphatic carbocycles. The Morgan fingerprint density at radius 3 is 2.27 bits per heavy atom. The van der Waals surface area contributed by atoms with Gasteiger partial charge >= 0.3 is 0 Å². The lowest BCUT2D eigenvalue weighted by molar-refractivity contribution is 0.000170. The molecular formula is C19H21NO2. The number of aryl methyl sites for hydroxylation is 1. The lowest BCUT2D eigenvalue weighted by Crippen LogP contribution is -2.45. The van der Waals surface area contributed by atoms with Gasteiger partial charge in [-0.25, -0.2) is 0 Å². The van der Waals surface area contributed by atoms with Crippen LogP contribution in [0.2, 0.25) is 0 Å². The van der Waals surface area contributed by atoms with Crippen molar-refractivity contribution >= 4 is 5.91 Å². The highest BCUT2D eigenvalue weighted by Gasteiger charge is 2.37. The summed E-state index contributed by atoms with van der Waals surface area (Å²) in [5, 5.41) is 3.04. The molecule has 0 aliphatic heterocycles. The van der Waals surface area contributed by atoms with E-state index in [1.54, 1.807) is 7.11 Å². The molecule has 0 radical (unpaired) electrons. The molecule has 0 fully saturated rings. The topological polar surface area (TPSA) is 38.3 Å². The van der Waals surface area contributed by atoms with E-state index in [0.29, 0.717) is 6.54 Å². The van der Waals surface area contributed by atoms with Gasteiger partial charge < -0.3 is 10.1 Å². The quantitative estimate of drug-likeness (QED) is 0.942. The first kappa shape index (κ1) is 14.8. The summed E-state index contributed by atoms with van der Waals surface area (Å²) in [5.74, 6) is -0.0366. The van der Waals surface area contributed by atoms with Gasteiger partial charge in [0.2, 0.25) is 0 Å². The third-order valence-corrected chi connectivity index (χ3v) is 4.54. The molecule has 0 saturated carbocycles. The van der Waals surface area contributed by atoms with E-state index in [2.05, 4.69) is 29.6 Å². The molecule has 3 rings (SSSR count). The van der Waals surface area contributed by atoms with E-state index in [4.69, 9.17) is 4.74 Å². The molecule has 0 heterocycles. The molecule has 0 atom stereocenters. The van der Waals surface area contributed by atoms with E-state index < -0.39 is 0 Å². The van der Waals surface area contributed by atoms with Gasteiger partial charge in [0.15, 0.2) is 0 Å². The second-order valence-electron chi connectivity index (χ2n) is 6.01. The summed E-state index contributed by atoms with van der Waals surface area (Å²) in [6, 6.07) is 16.0. The Balaban J connectivity index is 1.71. The predicted octanol–water partition coefficient (Wildman–Crippen LogP) is 2.91. The van der Waals surface area contributed by atoms with E-state index in [1.807, 2.05) is 31.2 Å². The molecule has 3 nitrogen and oxygen atoms in total. The van der Waals surface area contributed by atoms with Gasteiger partial charge in [0.05, 0.1) is 5.60 Å². The van der Waals surface area contributed by atoms with Crippen LogP contribution in [0.3, 0.4) is 0 Å². The number of methoxy groups -OCH3 is 1. The Morgan fingerprint density at radius 2 is 1.68 bits per heavy atom. The summed E-state index contributed by atoms with van der Waals surface area (Å²) < 4.78 is 5.78. The smallest absolute Gasteiger partial charge is 0.251 e. The third-order valence-electron chi connectivity index (χ3n) is 4.54. The second kappa shape index (κ2) is 5.93. The largest absolute Gasteiger partial charge is 0.376 e. The summed E-state index contributed by atoms with van der Waals surface area (Å²) in [6.07, 6.45) is 1.68. The summed E-state index contributed by atoms with van der Waals surface area (Å²) in [4.78, 5) is 12.4. The van der Waals surface area contributed by atoms with Crippen LogP contribution in [-0.4, -0.2) is 25.2 Å². The van der Waals surface area contributed by atoms with Gasteiger partial charge in [-0.2, -0.15) is 0 Å². The Bertz CT molecular complexity index is 668. The van der Waals surface area contributed by atoms with Gasteiger partial charge in [-0.05, 0) is 29.7 Å². The van der Waals surface area contributed by atoms with Gasteiger partial charge in [-0.15, -0.1) is 0 Å².